The topological polar surface area (TPSA) is 39.1 Å². The molecule has 1 fully saturated rings. The van der Waals surface area contributed by atoms with Crippen LogP contribution in [-0.2, 0) is 0 Å². The third-order valence-electron chi connectivity index (χ3n) is 4.38. The predicted octanol–water partition coefficient (Wildman–Crippen LogP) is 2.63. The Morgan fingerprint density at radius 1 is 1.37 bits per heavy atom. The largest absolute Gasteiger partial charge is 0.371 e. The van der Waals surface area contributed by atoms with Crippen LogP contribution >= 0.6 is 0 Å². The molecule has 1 aromatic carbocycles. The number of hydrogen-bond acceptors (Lipinski definition) is 3. The highest BCUT2D eigenvalue weighted by Gasteiger charge is 2.34. The van der Waals surface area contributed by atoms with Gasteiger partial charge in [0.05, 0.1) is 11.6 Å². The first kappa shape index (κ1) is 13.9. The van der Waals surface area contributed by atoms with Gasteiger partial charge in [-0.25, -0.2) is 0 Å². The number of nitrogens with zero attached hydrogens (tertiary/aromatic N) is 2. The Labute approximate surface area is 116 Å². The van der Waals surface area contributed by atoms with Gasteiger partial charge in [0.25, 0.3) is 0 Å². The minimum Gasteiger partial charge on any atom is -0.371 e. The van der Waals surface area contributed by atoms with E-state index < -0.39 is 0 Å². The van der Waals surface area contributed by atoms with E-state index in [9.17, 15) is 0 Å². The van der Waals surface area contributed by atoms with E-state index in [1.165, 1.54) is 12.1 Å². The lowest BCUT2D eigenvalue weighted by molar-refractivity contribution is 0.169. The second-order valence-corrected chi connectivity index (χ2v) is 6.10. The smallest absolute Gasteiger partial charge is 0.0991 e. The van der Waals surface area contributed by atoms with E-state index in [1.807, 2.05) is 19.2 Å². The van der Waals surface area contributed by atoms with Gasteiger partial charge in [0.2, 0.25) is 0 Å². The zero-order valence-corrected chi connectivity index (χ0v) is 12.1. The summed E-state index contributed by atoms with van der Waals surface area (Å²) in [5.74, 6) is 0.655. The highest BCUT2D eigenvalue weighted by atomic mass is 15.1. The minimum absolute atomic E-state index is 0.395. The molecule has 1 aromatic rings. The number of piperidine rings is 1. The lowest BCUT2D eigenvalue weighted by atomic mass is 9.73. The van der Waals surface area contributed by atoms with Crippen molar-refractivity contribution in [2.75, 3.05) is 31.6 Å². The maximum Gasteiger partial charge on any atom is 0.0991 e. The molecule has 0 saturated carbocycles. The molecule has 2 rings (SSSR count). The average Bonchev–Trinajstić information content (AvgIpc) is 2.41. The number of benzene rings is 1. The van der Waals surface area contributed by atoms with Crippen molar-refractivity contribution in [1.29, 1.82) is 5.26 Å². The maximum absolute atomic E-state index is 8.85. The van der Waals surface area contributed by atoms with Crippen LogP contribution in [0.4, 0.5) is 5.69 Å². The molecule has 0 bridgehead atoms. The molecule has 0 amide bonds. The van der Waals surface area contributed by atoms with E-state index in [1.54, 1.807) is 0 Å². The molecule has 1 atom stereocenters. The highest BCUT2D eigenvalue weighted by Crippen LogP contribution is 2.36. The van der Waals surface area contributed by atoms with Crippen LogP contribution in [0.5, 0.6) is 0 Å². The van der Waals surface area contributed by atoms with Gasteiger partial charge in [-0.3, -0.25) is 0 Å². The molecule has 0 spiro atoms. The van der Waals surface area contributed by atoms with Gasteiger partial charge in [0.1, 0.15) is 0 Å². The van der Waals surface area contributed by atoms with Crippen molar-refractivity contribution in [3.63, 3.8) is 0 Å². The molecule has 0 aliphatic carbocycles. The maximum atomic E-state index is 8.85. The third-order valence-corrected chi connectivity index (χ3v) is 4.38. The van der Waals surface area contributed by atoms with Crippen LogP contribution < -0.4 is 10.2 Å². The predicted molar refractivity (Wildman–Crippen MR) is 79.2 cm³/mol. The van der Waals surface area contributed by atoms with E-state index in [4.69, 9.17) is 5.26 Å². The van der Waals surface area contributed by atoms with E-state index >= 15 is 0 Å². The first-order valence-corrected chi connectivity index (χ1v) is 6.96. The van der Waals surface area contributed by atoms with E-state index in [0.717, 1.165) is 25.2 Å². The van der Waals surface area contributed by atoms with Gasteiger partial charge in [-0.2, -0.15) is 5.26 Å². The van der Waals surface area contributed by atoms with E-state index in [0.29, 0.717) is 11.3 Å². The van der Waals surface area contributed by atoms with Crippen molar-refractivity contribution in [2.24, 2.45) is 11.3 Å². The molecular formula is C16H23N3. The van der Waals surface area contributed by atoms with Crippen molar-refractivity contribution >= 4 is 5.69 Å². The number of anilines is 1. The number of rotatable bonds is 3. The van der Waals surface area contributed by atoms with Gasteiger partial charge in [-0.1, -0.05) is 13.8 Å². The van der Waals surface area contributed by atoms with Gasteiger partial charge in [0, 0.05) is 18.8 Å². The van der Waals surface area contributed by atoms with Crippen LogP contribution in [0.25, 0.3) is 0 Å². The fourth-order valence-electron chi connectivity index (χ4n) is 2.80. The third kappa shape index (κ3) is 3.08. The molecular weight excluding hydrogens is 234 g/mol. The van der Waals surface area contributed by atoms with Gasteiger partial charge in [0.15, 0.2) is 0 Å². The summed E-state index contributed by atoms with van der Waals surface area (Å²) in [5.41, 5.74) is 2.36. The van der Waals surface area contributed by atoms with Crippen LogP contribution in [0.1, 0.15) is 25.8 Å². The van der Waals surface area contributed by atoms with Crippen molar-refractivity contribution in [2.45, 2.75) is 20.3 Å². The van der Waals surface area contributed by atoms with Crippen molar-refractivity contribution in [1.82, 2.24) is 5.32 Å². The molecule has 1 saturated heterocycles. The molecule has 1 aliphatic rings. The zero-order chi connectivity index (χ0) is 13.9. The summed E-state index contributed by atoms with van der Waals surface area (Å²) in [5, 5.41) is 12.2. The summed E-state index contributed by atoms with van der Waals surface area (Å²) in [6, 6.07) is 10.1. The summed E-state index contributed by atoms with van der Waals surface area (Å²) in [7, 11) is 2.02. The summed E-state index contributed by atoms with van der Waals surface area (Å²) in [6.07, 6.45) is 1.21. The first-order chi connectivity index (χ1) is 9.06. The van der Waals surface area contributed by atoms with E-state index in [-0.39, 0.29) is 0 Å². The average molecular weight is 257 g/mol. The monoisotopic (exact) mass is 257 g/mol. The second-order valence-electron chi connectivity index (χ2n) is 6.10. The van der Waals surface area contributed by atoms with Crippen LogP contribution in [0, 0.1) is 22.7 Å². The molecule has 1 N–H and O–H groups in total. The molecule has 0 aromatic heterocycles. The Morgan fingerprint density at radius 2 is 2.05 bits per heavy atom. The summed E-state index contributed by atoms with van der Waals surface area (Å²) in [4.78, 5) is 2.44. The molecule has 102 valence electrons. The molecule has 3 nitrogen and oxygen atoms in total. The summed E-state index contributed by atoms with van der Waals surface area (Å²) >= 11 is 0. The fraction of sp³-hybridized carbons (Fsp3) is 0.562. The highest BCUT2D eigenvalue weighted by molar-refractivity contribution is 5.50. The molecule has 3 heteroatoms. The van der Waals surface area contributed by atoms with Crippen molar-refractivity contribution < 1.29 is 0 Å². The first-order valence-electron chi connectivity index (χ1n) is 6.96. The van der Waals surface area contributed by atoms with Crippen LogP contribution in [-0.4, -0.2) is 26.7 Å². The number of hydrogen-bond donors (Lipinski definition) is 1. The normalized spacial score (nSPS) is 22.0. The van der Waals surface area contributed by atoms with Gasteiger partial charge < -0.3 is 10.2 Å². The Bertz CT molecular complexity index is 456. The second kappa shape index (κ2) is 5.63. The number of nitriles is 1. The van der Waals surface area contributed by atoms with Crippen LogP contribution in [0.3, 0.4) is 0 Å². The van der Waals surface area contributed by atoms with Gasteiger partial charge >= 0.3 is 0 Å². The Kier molecular flexibility index (Phi) is 4.11. The van der Waals surface area contributed by atoms with Crippen LogP contribution in [0.2, 0.25) is 0 Å². The number of nitrogens with one attached hydrogen (secondary N) is 1. The summed E-state index contributed by atoms with van der Waals surface area (Å²) in [6.45, 7) is 7.97. The quantitative estimate of drug-likeness (QED) is 0.904. The minimum atomic E-state index is 0.395. The lowest BCUT2D eigenvalue weighted by Crippen LogP contribution is -2.48. The zero-order valence-electron chi connectivity index (χ0n) is 12.1. The Morgan fingerprint density at radius 3 is 2.63 bits per heavy atom. The fourth-order valence-corrected chi connectivity index (χ4v) is 2.80. The molecule has 1 heterocycles. The van der Waals surface area contributed by atoms with Crippen molar-refractivity contribution in [3.8, 4) is 6.07 Å². The van der Waals surface area contributed by atoms with Gasteiger partial charge in [-0.05, 0) is 55.6 Å². The molecule has 19 heavy (non-hydrogen) atoms. The molecule has 0 radical (unpaired) electrons. The van der Waals surface area contributed by atoms with Gasteiger partial charge in [-0.15, -0.1) is 0 Å². The lowest BCUT2D eigenvalue weighted by Gasteiger charge is -2.45. The standard InChI is InChI=1S/C16H23N3/c1-16(2)8-9-19(12-14(16)11-18-3)15-6-4-13(10-17)5-7-15/h4-7,14,18H,8-9,11-12H2,1-3H3. The van der Waals surface area contributed by atoms with Crippen LogP contribution in [0.15, 0.2) is 24.3 Å². The van der Waals surface area contributed by atoms with E-state index in [2.05, 4.69) is 42.3 Å². The van der Waals surface area contributed by atoms with Crippen molar-refractivity contribution in [3.05, 3.63) is 29.8 Å². The SMILES string of the molecule is CNCC1CN(c2ccc(C#N)cc2)CCC1(C)C. The Balaban J connectivity index is 2.11. The molecule has 1 aliphatic heterocycles. The Hall–Kier alpha value is -1.53. The summed E-state index contributed by atoms with van der Waals surface area (Å²) < 4.78 is 0. The molecule has 1 unspecified atom stereocenters.